The van der Waals surface area contributed by atoms with Crippen molar-refractivity contribution in [1.29, 1.82) is 0 Å². The van der Waals surface area contributed by atoms with Gasteiger partial charge in [-0.3, -0.25) is 4.90 Å². The molecule has 0 spiro atoms. The van der Waals surface area contributed by atoms with Crippen molar-refractivity contribution in [2.24, 2.45) is 0 Å². The van der Waals surface area contributed by atoms with E-state index >= 15 is 0 Å². The lowest BCUT2D eigenvalue weighted by atomic mass is 10.1. The predicted molar refractivity (Wildman–Crippen MR) is 79.0 cm³/mol. The fraction of sp³-hybridized carbons (Fsp3) is 0.333. The molecule has 0 bridgehead atoms. The molecule has 0 N–H and O–H groups in total. The molecule has 4 heteroatoms. The molecule has 1 saturated heterocycles. The largest absolute Gasteiger partial charge is 0.287 e. The van der Waals surface area contributed by atoms with Gasteiger partial charge in [0.2, 0.25) is 0 Å². The smallest absolute Gasteiger partial charge is 0.142 e. The van der Waals surface area contributed by atoms with E-state index in [0.29, 0.717) is 6.04 Å². The molecule has 0 radical (unpaired) electrons. The molecule has 19 heavy (non-hydrogen) atoms. The normalized spacial score (nSPS) is 20.3. The van der Waals surface area contributed by atoms with Crippen molar-refractivity contribution in [1.82, 2.24) is 14.9 Å². The highest BCUT2D eigenvalue weighted by Crippen LogP contribution is 2.30. The minimum atomic E-state index is 0.476. The average Bonchev–Trinajstić information content (AvgIpc) is 2.50. The third-order valence-electron chi connectivity index (χ3n) is 3.39. The van der Waals surface area contributed by atoms with Crippen LogP contribution in [-0.4, -0.2) is 32.9 Å². The van der Waals surface area contributed by atoms with Gasteiger partial charge in [-0.05, 0) is 11.6 Å². The lowest BCUT2D eigenvalue weighted by molar-refractivity contribution is 0.206. The quantitative estimate of drug-likeness (QED) is 0.858. The Morgan fingerprint density at radius 2 is 1.89 bits per heavy atom. The second kappa shape index (κ2) is 6.17. The Bertz CT molecular complexity index is 503. The molecule has 0 aliphatic carbocycles. The lowest BCUT2D eigenvalue weighted by Gasteiger charge is -2.35. The molecule has 1 aromatic carbocycles. The summed E-state index contributed by atoms with van der Waals surface area (Å²) in [5, 5.41) is 0. The number of aromatic nitrogens is 2. The Morgan fingerprint density at radius 1 is 1.11 bits per heavy atom. The Kier molecular flexibility index (Phi) is 4.10. The van der Waals surface area contributed by atoms with E-state index in [-0.39, 0.29) is 0 Å². The molecule has 1 aliphatic heterocycles. The van der Waals surface area contributed by atoms with E-state index in [1.807, 2.05) is 30.2 Å². The minimum Gasteiger partial charge on any atom is -0.287 e. The molecule has 1 fully saturated rings. The summed E-state index contributed by atoms with van der Waals surface area (Å²) in [6, 6.07) is 13.1. The number of benzene rings is 1. The van der Waals surface area contributed by atoms with Crippen LogP contribution in [0.1, 0.15) is 17.4 Å². The summed E-state index contributed by atoms with van der Waals surface area (Å²) in [4.78, 5) is 11.2. The van der Waals surface area contributed by atoms with Crippen molar-refractivity contribution in [3.05, 3.63) is 60.2 Å². The van der Waals surface area contributed by atoms with Crippen LogP contribution in [0.5, 0.6) is 0 Å². The minimum absolute atomic E-state index is 0.476. The SMILES string of the molecule is c1ccc(C2CSCCN2Cc2ncccn2)cc1. The van der Waals surface area contributed by atoms with Crippen molar-refractivity contribution in [3.63, 3.8) is 0 Å². The molecule has 3 rings (SSSR count). The third-order valence-corrected chi connectivity index (χ3v) is 4.41. The average molecular weight is 271 g/mol. The molecule has 3 nitrogen and oxygen atoms in total. The maximum Gasteiger partial charge on any atom is 0.142 e. The van der Waals surface area contributed by atoms with Gasteiger partial charge in [0.15, 0.2) is 0 Å². The molecule has 1 atom stereocenters. The Balaban J connectivity index is 1.78. The van der Waals surface area contributed by atoms with Gasteiger partial charge in [0, 0.05) is 36.5 Å². The Labute approximate surface area is 118 Å². The second-order valence-electron chi connectivity index (χ2n) is 4.64. The fourth-order valence-corrected chi connectivity index (χ4v) is 3.56. The zero-order valence-electron chi connectivity index (χ0n) is 10.8. The van der Waals surface area contributed by atoms with Crippen LogP contribution in [0, 0.1) is 0 Å². The molecule has 2 heterocycles. The standard InChI is InChI=1S/C15H17N3S/c1-2-5-13(6-3-1)14-12-19-10-9-18(14)11-15-16-7-4-8-17-15/h1-8,14H,9-12H2. The summed E-state index contributed by atoms with van der Waals surface area (Å²) in [6.45, 7) is 1.93. The monoisotopic (exact) mass is 271 g/mol. The summed E-state index contributed by atoms with van der Waals surface area (Å²) in [5.74, 6) is 3.25. The first-order valence-corrected chi connectivity index (χ1v) is 7.71. The molecular formula is C15H17N3S. The summed E-state index contributed by atoms with van der Waals surface area (Å²) in [5.41, 5.74) is 1.39. The van der Waals surface area contributed by atoms with Crippen LogP contribution >= 0.6 is 11.8 Å². The van der Waals surface area contributed by atoms with Crippen LogP contribution in [0.25, 0.3) is 0 Å². The van der Waals surface area contributed by atoms with Gasteiger partial charge in [-0.15, -0.1) is 0 Å². The lowest BCUT2D eigenvalue weighted by Crippen LogP contribution is -2.36. The molecule has 1 aliphatic rings. The molecule has 0 amide bonds. The van der Waals surface area contributed by atoms with Crippen LogP contribution in [-0.2, 0) is 6.54 Å². The van der Waals surface area contributed by atoms with Crippen LogP contribution in [0.15, 0.2) is 48.8 Å². The molecular weight excluding hydrogens is 254 g/mol. The number of rotatable bonds is 3. The first kappa shape index (κ1) is 12.6. The third kappa shape index (κ3) is 3.14. The number of thioether (sulfide) groups is 1. The fourth-order valence-electron chi connectivity index (χ4n) is 2.40. The molecule has 0 saturated carbocycles. The maximum absolute atomic E-state index is 4.34. The second-order valence-corrected chi connectivity index (χ2v) is 5.79. The molecule has 2 aromatic rings. The van der Waals surface area contributed by atoms with Crippen LogP contribution in [0.4, 0.5) is 0 Å². The summed E-state index contributed by atoms with van der Waals surface area (Å²) in [6.07, 6.45) is 3.64. The van der Waals surface area contributed by atoms with Crippen LogP contribution < -0.4 is 0 Å². The van der Waals surface area contributed by atoms with E-state index in [0.717, 1.165) is 24.7 Å². The molecule has 1 unspecified atom stereocenters. The Hall–Kier alpha value is -1.39. The van der Waals surface area contributed by atoms with Crippen LogP contribution in [0.2, 0.25) is 0 Å². The van der Waals surface area contributed by atoms with E-state index in [9.17, 15) is 0 Å². The van der Waals surface area contributed by atoms with Crippen molar-refractivity contribution in [2.75, 3.05) is 18.1 Å². The number of nitrogens with zero attached hydrogens (tertiary/aromatic N) is 3. The highest BCUT2D eigenvalue weighted by atomic mass is 32.2. The Morgan fingerprint density at radius 3 is 2.68 bits per heavy atom. The van der Waals surface area contributed by atoms with Crippen molar-refractivity contribution in [2.45, 2.75) is 12.6 Å². The number of hydrogen-bond acceptors (Lipinski definition) is 4. The van der Waals surface area contributed by atoms with Gasteiger partial charge in [0.25, 0.3) is 0 Å². The van der Waals surface area contributed by atoms with Crippen molar-refractivity contribution < 1.29 is 0 Å². The van der Waals surface area contributed by atoms with E-state index in [1.54, 1.807) is 0 Å². The zero-order valence-corrected chi connectivity index (χ0v) is 11.6. The summed E-state index contributed by atoms with van der Waals surface area (Å²) in [7, 11) is 0. The molecule has 98 valence electrons. The van der Waals surface area contributed by atoms with Crippen molar-refractivity contribution >= 4 is 11.8 Å². The first-order chi connectivity index (χ1) is 9.43. The topological polar surface area (TPSA) is 29.0 Å². The van der Waals surface area contributed by atoms with E-state index in [4.69, 9.17) is 0 Å². The van der Waals surface area contributed by atoms with Gasteiger partial charge in [-0.25, -0.2) is 9.97 Å². The first-order valence-electron chi connectivity index (χ1n) is 6.56. The van der Waals surface area contributed by atoms with Gasteiger partial charge >= 0.3 is 0 Å². The van der Waals surface area contributed by atoms with Gasteiger partial charge in [-0.2, -0.15) is 11.8 Å². The maximum atomic E-state index is 4.34. The van der Waals surface area contributed by atoms with Crippen molar-refractivity contribution in [3.8, 4) is 0 Å². The van der Waals surface area contributed by atoms with Crippen LogP contribution in [0.3, 0.4) is 0 Å². The van der Waals surface area contributed by atoms with E-state index < -0.39 is 0 Å². The predicted octanol–water partition coefficient (Wildman–Crippen LogP) is 2.77. The molecule has 1 aromatic heterocycles. The highest BCUT2D eigenvalue weighted by Gasteiger charge is 2.24. The van der Waals surface area contributed by atoms with Gasteiger partial charge in [0.05, 0.1) is 6.54 Å². The van der Waals surface area contributed by atoms with Gasteiger partial charge in [-0.1, -0.05) is 30.3 Å². The van der Waals surface area contributed by atoms with Gasteiger partial charge < -0.3 is 0 Å². The summed E-state index contributed by atoms with van der Waals surface area (Å²) >= 11 is 2.03. The summed E-state index contributed by atoms with van der Waals surface area (Å²) < 4.78 is 0. The van der Waals surface area contributed by atoms with Gasteiger partial charge in [0.1, 0.15) is 5.82 Å². The van der Waals surface area contributed by atoms with E-state index in [1.165, 1.54) is 11.3 Å². The zero-order chi connectivity index (χ0) is 12.9. The highest BCUT2D eigenvalue weighted by molar-refractivity contribution is 7.99. The van der Waals surface area contributed by atoms with E-state index in [2.05, 4.69) is 45.2 Å². The number of hydrogen-bond donors (Lipinski definition) is 0.